The summed E-state index contributed by atoms with van der Waals surface area (Å²) in [6.45, 7) is 1.85. The first-order valence-corrected chi connectivity index (χ1v) is 7.10. The molecule has 0 aromatic heterocycles. The summed E-state index contributed by atoms with van der Waals surface area (Å²) in [6.07, 6.45) is -3.10. The van der Waals surface area contributed by atoms with Gasteiger partial charge in [0.15, 0.2) is 0 Å². The van der Waals surface area contributed by atoms with E-state index < -0.39 is 17.1 Å². The largest absolute Gasteiger partial charge is 0.490 e. The van der Waals surface area contributed by atoms with Crippen LogP contribution in [0.1, 0.15) is 12.8 Å². The van der Waals surface area contributed by atoms with Gasteiger partial charge in [-0.3, -0.25) is 10.1 Å². The number of rotatable bonds is 3. The molecule has 1 fully saturated rings. The number of carbonyl (C=O) groups is 1. The van der Waals surface area contributed by atoms with Crippen molar-refractivity contribution in [3.05, 3.63) is 33.3 Å². The monoisotopic (exact) mass is 370 g/mol. The lowest BCUT2D eigenvalue weighted by Crippen LogP contribution is -2.34. The Labute approximate surface area is 139 Å². The van der Waals surface area contributed by atoms with Gasteiger partial charge in [0, 0.05) is 12.1 Å². The molecule has 0 atom stereocenters. The van der Waals surface area contributed by atoms with Crippen molar-refractivity contribution in [1.82, 2.24) is 5.32 Å². The first-order chi connectivity index (χ1) is 11.1. The van der Waals surface area contributed by atoms with E-state index in [9.17, 15) is 23.3 Å². The first kappa shape index (κ1) is 20.0. The average Bonchev–Trinajstić information content (AvgIpc) is 2.50. The lowest BCUT2D eigenvalue weighted by atomic mass is 10.1. The molecule has 0 aliphatic carbocycles. The van der Waals surface area contributed by atoms with Crippen molar-refractivity contribution >= 4 is 23.3 Å². The molecule has 2 rings (SSSR count). The Morgan fingerprint density at radius 2 is 1.92 bits per heavy atom. The van der Waals surface area contributed by atoms with E-state index in [4.69, 9.17) is 26.2 Å². The predicted molar refractivity (Wildman–Crippen MR) is 78.3 cm³/mol. The van der Waals surface area contributed by atoms with E-state index in [0.29, 0.717) is 5.75 Å². The number of nitro groups is 1. The molecular weight excluding hydrogens is 357 g/mol. The normalized spacial score (nSPS) is 15.2. The molecule has 0 bridgehead atoms. The number of hydrogen-bond donors (Lipinski definition) is 2. The summed E-state index contributed by atoms with van der Waals surface area (Å²) in [5, 5.41) is 21.2. The number of hydrogen-bond acceptors (Lipinski definition) is 5. The number of non-ortho nitro benzene ring substituents is 1. The molecule has 2 N–H and O–H groups in total. The quantitative estimate of drug-likeness (QED) is 0.626. The number of aliphatic carboxylic acids is 1. The molecular formula is C13H14ClF3N2O5. The Kier molecular flexibility index (Phi) is 7.23. The van der Waals surface area contributed by atoms with Crippen LogP contribution in [0.25, 0.3) is 0 Å². The van der Waals surface area contributed by atoms with Crippen molar-refractivity contribution in [2.24, 2.45) is 0 Å². The van der Waals surface area contributed by atoms with Crippen LogP contribution in [-0.2, 0) is 4.79 Å². The van der Waals surface area contributed by atoms with Gasteiger partial charge in [-0.2, -0.15) is 13.2 Å². The zero-order valence-electron chi connectivity index (χ0n) is 12.2. The van der Waals surface area contributed by atoms with Crippen LogP contribution in [0.5, 0.6) is 5.75 Å². The van der Waals surface area contributed by atoms with Gasteiger partial charge in [0.2, 0.25) is 0 Å². The van der Waals surface area contributed by atoms with E-state index in [1.807, 2.05) is 0 Å². The van der Waals surface area contributed by atoms with E-state index in [2.05, 4.69) is 5.32 Å². The predicted octanol–water partition coefficient (Wildman–Crippen LogP) is 3.01. The maximum atomic E-state index is 10.6. The van der Waals surface area contributed by atoms with Crippen LogP contribution in [0.3, 0.4) is 0 Å². The fourth-order valence-electron chi connectivity index (χ4n) is 1.79. The second-order valence-corrected chi connectivity index (χ2v) is 5.15. The Hall–Kier alpha value is -2.07. The molecule has 0 amide bonds. The lowest BCUT2D eigenvalue weighted by molar-refractivity contribution is -0.384. The molecule has 1 saturated heterocycles. The summed E-state index contributed by atoms with van der Waals surface area (Å²) in [4.78, 5) is 19.0. The Morgan fingerprint density at radius 1 is 1.38 bits per heavy atom. The summed E-state index contributed by atoms with van der Waals surface area (Å²) >= 11 is 5.95. The number of piperidine rings is 1. The minimum absolute atomic E-state index is 0.0207. The van der Waals surface area contributed by atoms with Crippen molar-refractivity contribution < 1.29 is 32.7 Å². The molecule has 134 valence electrons. The fourth-order valence-corrected chi connectivity index (χ4v) is 2.01. The van der Waals surface area contributed by atoms with Crippen LogP contribution in [0.2, 0.25) is 5.02 Å². The second-order valence-electron chi connectivity index (χ2n) is 4.74. The van der Waals surface area contributed by atoms with Crippen molar-refractivity contribution in [2.75, 3.05) is 13.1 Å². The molecule has 0 radical (unpaired) electrons. The van der Waals surface area contributed by atoms with Gasteiger partial charge in [0.25, 0.3) is 5.69 Å². The SMILES string of the molecule is O=C(O)C(F)(F)F.O=[N+]([O-])c1ccc(OC2CCNCC2)c(Cl)c1. The van der Waals surface area contributed by atoms with Crippen molar-refractivity contribution in [1.29, 1.82) is 0 Å². The van der Waals surface area contributed by atoms with E-state index in [-0.39, 0.29) is 16.8 Å². The van der Waals surface area contributed by atoms with Gasteiger partial charge >= 0.3 is 12.1 Å². The van der Waals surface area contributed by atoms with Crippen LogP contribution >= 0.6 is 11.6 Å². The number of carboxylic acid groups (broad SMARTS) is 1. The minimum atomic E-state index is -5.08. The standard InChI is InChI=1S/C11H13ClN2O3.C2HF3O2/c12-10-7-8(14(15)16)1-2-11(10)17-9-3-5-13-6-4-9;3-2(4,5)1(6)7/h1-2,7,9,13H,3-6H2;(H,6,7). The second kappa shape index (κ2) is 8.69. The highest BCUT2D eigenvalue weighted by atomic mass is 35.5. The first-order valence-electron chi connectivity index (χ1n) is 6.72. The number of halogens is 4. The molecule has 1 aromatic rings. The summed E-state index contributed by atoms with van der Waals surface area (Å²) < 4.78 is 37.5. The number of nitrogens with zero attached hydrogens (tertiary/aromatic N) is 1. The van der Waals surface area contributed by atoms with Gasteiger partial charge in [-0.05, 0) is 32.0 Å². The lowest BCUT2D eigenvalue weighted by Gasteiger charge is -2.24. The summed E-state index contributed by atoms with van der Waals surface area (Å²) in [5.41, 5.74) is -0.0207. The molecule has 0 saturated carbocycles. The van der Waals surface area contributed by atoms with E-state index in [1.54, 1.807) is 6.07 Å². The van der Waals surface area contributed by atoms with Gasteiger partial charge in [0.1, 0.15) is 11.9 Å². The van der Waals surface area contributed by atoms with Gasteiger partial charge in [-0.1, -0.05) is 11.6 Å². The Balaban J connectivity index is 0.000000351. The third-order valence-corrected chi connectivity index (χ3v) is 3.24. The zero-order valence-corrected chi connectivity index (χ0v) is 12.9. The summed E-state index contributed by atoms with van der Waals surface area (Å²) in [6, 6.07) is 4.28. The highest BCUT2D eigenvalue weighted by molar-refractivity contribution is 6.32. The summed E-state index contributed by atoms with van der Waals surface area (Å²) in [5.74, 6) is -2.24. The minimum Gasteiger partial charge on any atom is -0.489 e. The van der Waals surface area contributed by atoms with Crippen molar-refractivity contribution in [3.8, 4) is 5.75 Å². The maximum absolute atomic E-state index is 10.6. The van der Waals surface area contributed by atoms with Crippen LogP contribution in [-0.4, -0.2) is 41.4 Å². The molecule has 24 heavy (non-hydrogen) atoms. The topological polar surface area (TPSA) is 102 Å². The number of carboxylic acids is 1. The highest BCUT2D eigenvalue weighted by Gasteiger charge is 2.38. The van der Waals surface area contributed by atoms with Crippen LogP contribution in [0.15, 0.2) is 18.2 Å². The van der Waals surface area contributed by atoms with Gasteiger partial charge < -0.3 is 15.2 Å². The average molecular weight is 371 g/mol. The molecule has 1 aliphatic rings. The molecule has 1 heterocycles. The van der Waals surface area contributed by atoms with Crippen LogP contribution < -0.4 is 10.1 Å². The maximum Gasteiger partial charge on any atom is 0.490 e. The highest BCUT2D eigenvalue weighted by Crippen LogP contribution is 2.30. The van der Waals surface area contributed by atoms with Crippen molar-refractivity contribution in [2.45, 2.75) is 25.1 Å². The van der Waals surface area contributed by atoms with Crippen LogP contribution in [0, 0.1) is 10.1 Å². The number of nitro benzene ring substituents is 1. The Bertz CT molecular complexity index is 591. The van der Waals surface area contributed by atoms with Gasteiger partial charge in [-0.15, -0.1) is 0 Å². The van der Waals surface area contributed by atoms with E-state index in [1.165, 1.54) is 12.1 Å². The van der Waals surface area contributed by atoms with E-state index in [0.717, 1.165) is 25.9 Å². The third kappa shape index (κ3) is 6.59. The molecule has 7 nitrogen and oxygen atoms in total. The fraction of sp³-hybridized carbons (Fsp3) is 0.462. The molecule has 0 spiro atoms. The van der Waals surface area contributed by atoms with Crippen molar-refractivity contribution in [3.63, 3.8) is 0 Å². The molecule has 1 aromatic carbocycles. The molecule has 0 unspecified atom stereocenters. The smallest absolute Gasteiger partial charge is 0.489 e. The number of alkyl halides is 3. The molecule has 1 aliphatic heterocycles. The zero-order chi connectivity index (χ0) is 18.3. The Morgan fingerprint density at radius 3 is 2.33 bits per heavy atom. The number of nitrogens with one attached hydrogen (secondary N) is 1. The number of benzene rings is 1. The van der Waals surface area contributed by atoms with Gasteiger partial charge in [-0.25, -0.2) is 4.79 Å². The molecule has 11 heteroatoms. The van der Waals surface area contributed by atoms with E-state index >= 15 is 0 Å². The van der Waals surface area contributed by atoms with Crippen LogP contribution in [0.4, 0.5) is 18.9 Å². The number of ether oxygens (including phenoxy) is 1. The summed E-state index contributed by atoms with van der Waals surface area (Å²) in [7, 11) is 0. The third-order valence-electron chi connectivity index (χ3n) is 2.95. The van der Waals surface area contributed by atoms with Gasteiger partial charge in [0.05, 0.1) is 9.95 Å².